The van der Waals surface area contributed by atoms with E-state index >= 15 is 4.39 Å². The Labute approximate surface area is 273 Å². The number of aliphatic hydroxyl groups is 1. The van der Waals surface area contributed by atoms with Gasteiger partial charge in [0.25, 0.3) is 0 Å². The number of phenolic OH excluding ortho intramolecular Hbond substituents is 1. The summed E-state index contributed by atoms with van der Waals surface area (Å²) in [6.07, 6.45) is 9.04. The highest BCUT2D eigenvalue weighted by atomic mass is 19.1. The Bertz CT molecular complexity index is 1840. The number of nitrogens with zero attached hydrogens (tertiary/aromatic N) is 5. The number of hydrogen-bond donors (Lipinski definition) is 3. The number of aromatic amines is 1. The van der Waals surface area contributed by atoms with Gasteiger partial charge >= 0.3 is 0 Å². The van der Waals surface area contributed by atoms with Crippen molar-refractivity contribution in [1.82, 2.24) is 25.1 Å². The zero-order valence-corrected chi connectivity index (χ0v) is 27.3. The molecule has 2 aliphatic carbocycles. The van der Waals surface area contributed by atoms with Gasteiger partial charge in [-0.25, -0.2) is 14.4 Å². The maximum absolute atomic E-state index is 17.3. The predicted octanol–water partition coefficient (Wildman–Crippen LogP) is 5.13. The molecule has 3 atom stereocenters. The van der Waals surface area contributed by atoms with Crippen molar-refractivity contribution < 1.29 is 28.8 Å². The van der Waals surface area contributed by atoms with Gasteiger partial charge in [-0.2, -0.15) is 5.10 Å². The van der Waals surface area contributed by atoms with Gasteiger partial charge in [-0.05, 0) is 65.0 Å². The first kappa shape index (κ1) is 30.6. The standard InChI is InChI=1S/C35H43FN6O5/c1-34(44)17-42(12-13-46-18-34)23-15-26(47-19-35-9-4-6-25(35)41(2)11-5-10-35)38-32-29(23)33(45-3)39-31(30(32)36)28-21-16-37-40-22(21)14-24(43)27(28)20-7-8-20/h14-16,20,25,43-44H,4-13,17-19H2,1-3H3,(H,37,40). The van der Waals surface area contributed by atoms with Crippen LogP contribution in [0.1, 0.15) is 63.4 Å². The molecular formula is C35H43FN6O5. The van der Waals surface area contributed by atoms with E-state index in [4.69, 9.17) is 24.2 Å². The Morgan fingerprint density at radius 1 is 1.15 bits per heavy atom. The molecule has 2 saturated carbocycles. The van der Waals surface area contributed by atoms with Crippen molar-refractivity contribution in [3.8, 4) is 28.8 Å². The molecule has 12 heteroatoms. The lowest BCUT2D eigenvalue weighted by Gasteiger charge is -2.44. The van der Waals surface area contributed by atoms with E-state index in [2.05, 4.69) is 22.1 Å². The van der Waals surface area contributed by atoms with E-state index in [1.807, 2.05) is 11.0 Å². The fourth-order valence-corrected chi connectivity index (χ4v) is 8.57. The van der Waals surface area contributed by atoms with Gasteiger partial charge in [0.05, 0.1) is 49.7 Å². The number of H-pyrrole nitrogens is 1. The molecule has 3 unspecified atom stereocenters. The molecule has 5 heterocycles. The van der Waals surface area contributed by atoms with Crippen LogP contribution in [0.5, 0.6) is 17.5 Å². The van der Waals surface area contributed by atoms with Crippen LogP contribution in [0.25, 0.3) is 33.1 Å². The zero-order chi connectivity index (χ0) is 32.5. The smallest absolute Gasteiger partial charge is 0.225 e. The highest BCUT2D eigenvalue weighted by Gasteiger charge is 2.47. The minimum absolute atomic E-state index is 0.0250. The molecule has 4 aliphatic rings. The SMILES string of the molecule is COc1nc(-c2c(C3CC3)c(O)cc3[nH]ncc23)c(F)c2nc(OCC34CCCC3N(C)CCC4)cc(N3CCOCC(C)(O)C3)c12. The Hall–Kier alpha value is -3.74. The Balaban J connectivity index is 1.32. The van der Waals surface area contributed by atoms with Crippen LogP contribution in [0.2, 0.25) is 0 Å². The number of methoxy groups -OCH3 is 1. The van der Waals surface area contributed by atoms with Crippen LogP contribution in [-0.4, -0.2) is 101 Å². The van der Waals surface area contributed by atoms with E-state index in [-0.39, 0.29) is 47.3 Å². The number of phenols is 1. The van der Waals surface area contributed by atoms with Crippen LogP contribution < -0.4 is 14.4 Å². The van der Waals surface area contributed by atoms with Gasteiger partial charge in [-0.15, -0.1) is 0 Å². The molecule has 2 aliphatic heterocycles. The number of fused-ring (bicyclic) bond motifs is 3. The molecule has 8 rings (SSSR count). The van der Waals surface area contributed by atoms with Gasteiger partial charge in [0.15, 0.2) is 5.82 Å². The van der Waals surface area contributed by atoms with Gasteiger partial charge in [0, 0.05) is 53.2 Å². The third kappa shape index (κ3) is 5.25. The summed E-state index contributed by atoms with van der Waals surface area (Å²) in [5.74, 6) is 0.0576. The highest BCUT2D eigenvalue weighted by molar-refractivity contribution is 6.03. The van der Waals surface area contributed by atoms with Gasteiger partial charge in [0.1, 0.15) is 22.6 Å². The third-order valence-corrected chi connectivity index (χ3v) is 10.9. The Kier molecular flexibility index (Phi) is 7.45. The average molecular weight is 647 g/mol. The minimum Gasteiger partial charge on any atom is -0.508 e. The van der Waals surface area contributed by atoms with Crippen molar-refractivity contribution in [3.05, 3.63) is 29.7 Å². The maximum atomic E-state index is 17.3. The van der Waals surface area contributed by atoms with Crippen molar-refractivity contribution in [1.29, 1.82) is 0 Å². The molecular weight excluding hydrogens is 603 g/mol. The van der Waals surface area contributed by atoms with E-state index in [1.54, 1.807) is 19.2 Å². The number of rotatable bonds is 7. The van der Waals surface area contributed by atoms with Gasteiger partial charge in [-0.1, -0.05) is 6.42 Å². The van der Waals surface area contributed by atoms with E-state index in [9.17, 15) is 10.2 Å². The molecule has 2 saturated heterocycles. The fraction of sp³-hybridized carbons (Fsp3) is 0.571. The molecule has 0 amide bonds. The van der Waals surface area contributed by atoms with Gasteiger partial charge in [0.2, 0.25) is 11.8 Å². The molecule has 3 N–H and O–H groups in total. The third-order valence-electron chi connectivity index (χ3n) is 10.9. The summed E-state index contributed by atoms with van der Waals surface area (Å²) in [5, 5.41) is 30.4. The second-order valence-corrected chi connectivity index (χ2v) is 14.4. The number of nitrogens with one attached hydrogen (secondary N) is 1. The topological polar surface area (TPSA) is 129 Å². The number of anilines is 1. The number of likely N-dealkylation sites (tertiary alicyclic amines) is 1. The highest BCUT2D eigenvalue weighted by Crippen LogP contribution is 2.52. The first-order chi connectivity index (χ1) is 22.7. The van der Waals surface area contributed by atoms with Crippen LogP contribution >= 0.6 is 0 Å². The summed E-state index contributed by atoms with van der Waals surface area (Å²) in [7, 11) is 3.71. The molecule has 0 spiro atoms. The van der Waals surface area contributed by atoms with Gasteiger partial charge < -0.3 is 34.2 Å². The van der Waals surface area contributed by atoms with Crippen molar-refractivity contribution in [2.75, 3.05) is 58.5 Å². The Morgan fingerprint density at radius 2 is 1.98 bits per heavy atom. The summed E-state index contributed by atoms with van der Waals surface area (Å²) in [6, 6.07) is 3.92. The van der Waals surface area contributed by atoms with E-state index in [0.29, 0.717) is 64.8 Å². The fourth-order valence-electron chi connectivity index (χ4n) is 8.57. The van der Waals surface area contributed by atoms with Crippen molar-refractivity contribution >= 4 is 27.5 Å². The lowest BCUT2D eigenvalue weighted by Crippen LogP contribution is -2.50. The van der Waals surface area contributed by atoms with E-state index in [0.717, 1.165) is 51.5 Å². The number of aromatic nitrogens is 4. The predicted molar refractivity (Wildman–Crippen MR) is 176 cm³/mol. The summed E-state index contributed by atoms with van der Waals surface area (Å²) < 4.78 is 35.5. The number of hydrogen-bond acceptors (Lipinski definition) is 10. The van der Waals surface area contributed by atoms with Crippen LogP contribution in [-0.2, 0) is 4.74 Å². The molecule has 3 aromatic heterocycles. The van der Waals surface area contributed by atoms with Crippen molar-refractivity contribution in [2.45, 2.75) is 69.4 Å². The largest absolute Gasteiger partial charge is 0.508 e. The number of piperidine rings is 1. The molecule has 4 aromatic rings. The lowest BCUT2D eigenvalue weighted by atomic mass is 9.76. The summed E-state index contributed by atoms with van der Waals surface area (Å²) in [4.78, 5) is 14.1. The maximum Gasteiger partial charge on any atom is 0.225 e. The lowest BCUT2D eigenvalue weighted by molar-refractivity contribution is -0.0123. The molecule has 250 valence electrons. The molecule has 47 heavy (non-hydrogen) atoms. The first-order valence-corrected chi connectivity index (χ1v) is 16.8. The average Bonchev–Trinajstić information content (AvgIpc) is 3.67. The van der Waals surface area contributed by atoms with Crippen LogP contribution in [0.4, 0.5) is 10.1 Å². The summed E-state index contributed by atoms with van der Waals surface area (Å²) >= 11 is 0. The number of pyridine rings is 2. The minimum atomic E-state index is -1.14. The normalized spacial score (nSPS) is 26.9. The molecule has 11 nitrogen and oxygen atoms in total. The molecule has 1 aromatic carbocycles. The second kappa shape index (κ2) is 11.5. The van der Waals surface area contributed by atoms with E-state index in [1.165, 1.54) is 7.11 Å². The quantitative estimate of drug-likeness (QED) is 0.248. The molecule has 0 radical (unpaired) electrons. The first-order valence-electron chi connectivity index (χ1n) is 16.8. The molecule has 0 bridgehead atoms. The van der Waals surface area contributed by atoms with Crippen molar-refractivity contribution in [2.24, 2.45) is 5.41 Å². The monoisotopic (exact) mass is 646 g/mol. The number of β-amino-alcohol motifs (C(OH)–C–C–N with tert-alkyl or cyclic N) is 1. The second-order valence-electron chi connectivity index (χ2n) is 14.4. The zero-order valence-electron chi connectivity index (χ0n) is 27.3. The summed E-state index contributed by atoms with van der Waals surface area (Å²) in [6.45, 7) is 4.60. The van der Waals surface area contributed by atoms with Gasteiger partial charge in [-0.3, -0.25) is 5.10 Å². The summed E-state index contributed by atoms with van der Waals surface area (Å²) in [5.41, 5.74) is 1.34. The number of ether oxygens (including phenoxy) is 3. The Morgan fingerprint density at radius 3 is 2.79 bits per heavy atom. The van der Waals surface area contributed by atoms with Crippen molar-refractivity contribution in [3.63, 3.8) is 0 Å². The van der Waals surface area contributed by atoms with Crippen LogP contribution in [0.3, 0.4) is 0 Å². The van der Waals surface area contributed by atoms with Crippen LogP contribution in [0, 0.1) is 11.2 Å². The number of aromatic hydroxyl groups is 1. The van der Waals surface area contributed by atoms with E-state index < -0.39 is 11.4 Å². The number of halogens is 1. The van der Waals surface area contributed by atoms with Crippen LogP contribution in [0.15, 0.2) is 18.3 Å². The number of benzene rings is 1. The molecule has 4 fully saturated rings.